The van der Waals surface area contributed by atoms with Gasteiger partial charge in [-0.25, -0.2) is 4.57 Å². The molecule has 0 aliphatic carbocycles. The molecule has 0 heterocycles. The van der Waals surface area contributed by atoms with Crippen molar-refractivity contribution in [3.05, 3.63) is 72.9 Å². The first-order valence-electron chi connectivity index (χ1n) is 29.3. The zero-order valence-corrected chi connectivity index (χ0v) is 47.8. The van der Waals surface area contributed by atoms with Gasteiger partial charge in [0.15, 0.2) is 0 Å². The number of amides is 1. The zero-order chi connectivity index (χ0) is 52.2. The quantitative estimate of drug-likeness (QED) is 0.0205. The van der Waals surface area contributed by atoms with Crippen molar-refractivity contribution in [1.29, 1.82) is 0 Å². The van der Waals surface area contributed by atoms with Gasteiger partial charge >= 0.3 is 13.8 Å². The Bertz CT molecular complexity index is 1450. The summed E-state index contributed by atoms with van der Waals surface area (Å²) >= 11 is 0. The first-order chi connectivity index (χ1) is 34.4. The Hall–Kier alpha value is -2.55. The minimum Gasteiger partial charge on any atom is -0.456 e. The first-order valence-corrected chi connectivity index (χ1v) is 30.8. The lowest BCUT2D eigenvalue weighted by atomic mass is 10.0. The lowest BCUT2D eigenvalue weighted by molar-refractivity contribution is -0.870. The Morgan fingerprint density at radius 1 is 0.507 bits per heavy atom. The molecule has 0 radical (unpaired) electrons. The smallest absolute Gasteiger partial charge is 0.456 e. The van der Waals surface area contributed by atoms with E-state index in [1.165, 1.54) is 122 Å². The van der Waals surface area contributed by atoms with E-state index in [0.717, 1.165) is 89.9 Å². The van der Waals surface area contributed by atoms with Gasteiger partial charge in [0, 0.05) is 12.8 Å². The van der Waals surface area contributed by atoms with Gasteiger partial charge in [0.25, 0.3) is 0 Å². The van der Waals surface area contributed by atoms with Crippen LogP contribution >= 0.6 is 7.82 Å². The number of phosphoric acid groups is 1. The van der Waals surface area contributed by atoms with Crippen LogP contribution in [0.25, 0.3) is 0 Å². The number of unbranched alkanes of at least 4 members (excludes halogenated alkanes) is 26. The van der Waals surface area contributed by atoms with Crippen LogP contribution in [0.5, 0.6) is 0 Å². The largest absolute Gasteiger partial charge is 0.472 e. The number of nitrogens with zero attached hydrogens (tertiary/aromatic N) is 1. The second-order valence-corrected chi connectivity index (χ2v) is 22.2. The second-order valence-electron chi connectivity index (χ2n) is 20.8. The number of esters is 1. The van der Waals surface area contributed by atoms with Crippen molar-refractivity contribution >= 4 is 19.7 Å². The molecule has 9 nitrogen and oxygen atoms in total. The molecule has 0 aromatic carbocycles. The van der Waals surface area contributed by atoms with Crippen LogP contribution < -0.4 is 5.32 Å². The SMILES string of the molecule is CC/C=C\C/C=C\C/C=C\C/C=C\C/C=C\CCCCCC(=O)OC(/C=C/CCCCCCCCCCC)C(COP(=O)(O)OCC[N+](C)(C)C)NC(=O)CCCCCCCCCCCCCCCCC. The van der Waals surface area contributed by atoms with Gasteiger partial charge in [-0.15, -0.1) is 0 Å². The molecule has 0 saturated carbocycles. The number of ether oxygens (including phenoxy) is 1. The van der Waals surface area contributed by atoms with Crippen LogP contribution in [0.4, 0.5) is 0 Å². The first kappa shape index (κ1) is 68.5. The van der Waals surface area contributed by atoms with Crippen molar-refractivity contribution in [3.8, 4) is 0 Å². The predicted molar refractivity (Wildman–Crippen MR) is 305 cm³/mol. The van der Waals surface area contributed by atoms with Crippen LogP contribution in [0.15, 0.2) is 72.9 Å². The lowest BCUT2D eigenvalue weighted by Crippen LogP contribution is -2.47. The summed E-state index contributed by atoms with van der Waals surface area (Å²) in [4.78, 5) is 37.6. The highest BCUT2D eigenvalue weighted by Crippen LogP contribution is 2.43. The van der Waals surface area contributed by atoms with Crippen LogP contribution in [0.2, 0.25) is 0 Å². The third kappa shape index (κ3) is 52.1. The molecule has 3 unspecified atom stereocenters. The number of nitrogens with one attached hydrogen (secondary N) is 1. The maximum Gasteiger partial charge on any atom is 0.472 e. The molecule has 0 spiro atoms. The molecule has 0 bridgehead atoms. The molecule has 3 atom stereocenters. The Balaban J connectivity index is 5.35. The minimum absolute atomic E-state index is 0.0334. The van der Waals surface area contributed by atoms with Gasteiger partial charge in [-0.3, -0.25) is 18.6 Å². The van der Waals surface area contributed by atoms with E-state index in [2.05, 4.69) is 86.8 Å². The van der Waals surface area contributed by atoms with E-state index in [4.69, 9.17) is 13.8 Å². The van der Waals surface area contributed by atoms with Gasteiger partial charge in [-0.1, -0.05) is 235 Å². The van der Waals surface area contributed by atoms with Gasteiger partial charge in [0.05, 0.1) is 33.8 Å². The van der Waals surface area contributed by atoms with Gasteiger partial charge in [-0.05, 0) is 76.7 Å². The lowest BCUT2D eigenvalue weighted by Gasteiger charge is -2.27. The van der Waals surface area contributed by atoms with E-state index in [1.54, 1.807) is 0 Å². The standard InChI is InChI=1S/C61H111N2O7P/c1-7-10-13-16-19-22-25-27-29-30-31-32-34-36-39-42-45-48-51-54-61(65)70-59(52-49-46-43-40-37-24-21-18-15-12-9-3)58(57-69-71(66,67)68-56-55-63(4,5)6)62-60(64)53-50-47-44-41-38-35-33-28-26-23-20-17-14-11-8-2/h10,13,19,22,27,29,31-32,36,39,49,52,58-59H,7-9,11-12,14-18,20-21,23-26,28,30,33-35,37-38,40-48,50-51,53-57H2,1-6H3,(H-,62,64,66,67)/p+1/b13-10-,22-19-,29-27-,32-31-,39-36-,52-49+. The number of likely N-dealkylation sites (N-methyl/N-ethyl adjacent to an activating group) is 1. The molecule has 1 amide bonds. The van der Waals surface area contributed by atoms with Crippen molar-refractivity contribution in [3.63, 3.8) is 0 Å². The average Bonchev–Trinajstić information content (AvgIpc) is 3.33. The summed E-state index contributed by atoms with van der Waals surface area (Å²) in [5, 5.41) is 3.04. The summed E-state index contributed by atoms with van der Waals surface area (Å²) in [6, 6.07) is -0.861. The Labute approximate surface area is 438 Å². The molecule has 412 valence electrons. The topological polar surface area (TPSA) is 111 Å². The Morgan fingerprint density at radius 3 is 1.37 bits per heavy atom. The summed E-state index contributed by atoms with van der Waals surface area (Å²) < 4.78 is 30.6. The van der Waals surface area contributed by atoms with Crippen molar-refractivity contribution in [2.24, 2.45) is 0 Å². The molecule has 10 heteroatoms. The van der Waals surface area contributed by atoms with Crippen LogP contribution in [0.3, 0.4) is 0 Å². The van der Waals surface area contributed by atoms with E-state index in [-0.39, 0.29) is 31.5 Å². The van der Waals surface area contributed by atoms with E-state index in [0.29, 0.717) is 23.9 Å². The molecular formula is C61H112N2O7P+. The predicted octanol–water partition coefficient (Wildman–Crippen LogP) is 17.7. The van der Waals surface area contributed by atoms with Crippen LogP contribution in [0, 0.1) is 0 Å². The Morgan fingerprint density at radius 2 is 0.901 bits per heavy atom. The number of carbonyl (C=O) groups excluding carboxylic acids is 2. The normalized spacial score (nSPS) is 14.3. The third-order valence-corrected chi connectivity index (χ3v) is 13.6. The fourth-order valence-electron chi connectivity index (χ4n) is 8.14. The number of allylic oxidation sites excluding steroid dienone is 11. The molecule has 71 heavy (non-hydrogen) atoms. The fraction of sp³-hybridized carbons (Fsp3) is 0.770. The molecule has 2 N–H and O–H groups in total. The van der Waals surface area contributed by atoms with Crippen molar-refractivity contribution < 1.29 is 37.3 Å². The fourth-order valence-corrected chi connectivity index (χ4v) is 8.88. The maximum atomic E-state index is 13.5. The highest BCUT2D eigenvalue weighted by atomic mass is 31.2. The highest BCUT2D eigenvalue weighted by Gasteiger charge is 2.30. The molecule has 0 aliphatic rings. The summed E-state index contributed by atoms with van der Waals surface area (Å²) in [7, 11) is 1.47. The summed E-state index contributed by atoms with van der Waals surface area (Å²) in [5.41, 5.74) is 0. The van der Waals surface area contributed by atoms with E-state index in [1.807, 2.05) is 33.3 Å². The third-order valence-electron chi connectivity index (χ3n) is 12.7. The van der Waals surface area contributed by atoms with Gasteiger partial charge < -0.3 is 19.4 Å². The summed E-state index contributed by atoms with van der Waals surface area (Å²) in [6.07, 6.45) is 64.7. The minimum atomic E-state index is -4.45. The summed E-state index contributed by atoms with van der Waals surface area (Å²) in [5.74, 6) is -0.541. The van der Waals surface area contributed by atoms with E-state index >= 15 is 0 Å². The van der Waals surface area contributed by atoms with E-state index < -0.39 is 20.0 Å². The number of hydrogen-bond donors (Lipinski definition) is 2. The molecular weight excluding hydrogens is 904 g/mol. The van der Waals surface area contributed by atoms with Crippen LogP contribution in [-0.4, -0.2) is 74.3 Å². The van der Waals surface area contributed by atoms with Crippen molar-refractivity contribution in [2.45, 2.75) is 264 Å². The number of phosphoric ester groups is 1. The molecule has 0 saturated heterocycles. The molecule has 0 aromatic rings. The van der Waals surface area contributed by atoms with Gasteiger partial charge in [0.1, 0.15) is 19.3 Å². The number of quaternary nitrogens is 1. The monoisotopic (exact) mass is 1020 g/mol. The molecule has 0 rings (SSSR count). The molecule has 0 fully saturated rings. The molecule has 0 aromatic heterocycles. The second kappa shape index (κ2) is 51.0. The Kier molecular flexibility index (Phi) is 49.1. The summed E-state index contributed by atoms with van der Waals surface area (Å²) in [6.45, 7) is 6.87. The number of carbonyl (C=O) groups is 2. The zero-order valence-electron chi connectivity index (χ0n) is 47.0. The van der Waals surface area contributed by atoms with Gasteiger partial charge in [0.2, 0.25) is 5.91 Å². The van der Waals surface area contributed by atoms with Crippen molar-refractivity contribution in [2.75, 3.05) is 40.9 Å². The average molecular weight is 1020 g/mol. The molecule has 0 aliphatic heterocycles. The maximum absolute atomic E-state index is 13.5. The van der Waals surface area contributed by atoms with E-state index in [9.17, 15) is 19.0 Å². The number of hydrogen-bond acceptors (Lipinski definition) is 6. The number of rotatable bonds is 52. The van der Waals surface area contributed by atoms with Crippen molar-refractivity contribution in [1.82, 2.24) is 5.32 Å². The van der Waals surface area contributed by atoms with Crippen LogP contribution in [0.1, 0.15) is 252 Å². The highest BCUT2D eigenvalue weighted by molar-refractivity contribution is 7.47. The van der Waals surface area contributed by atoms with Gasteiger partial charge in [-0.2, -0.15) is 0 Å². The van der Waals surface area contributed by atoms with Crippen LogP contribution in [-0.2, 0) is 27.9 Å².